The number of hydrogen-bond acceptors (Lipinski definition) is 5. The predicted octanol–water partition coefficient (Wildman–Crippen LogP) is 2.18. The topological polar surface area (TPSA) is 116 Å². The zero-order chi connectivity index (χ0) is 25.5. The molecule has 3 rings (SSSR count). The molecule has 184 valence electrons. The Morgan fingerprint density at radius 1 is 1.03 bits per heavy atom. The third kappa shape index (κ3) is 10.7. The van der Waals surface area contributed by atoms with Gasteiger partial charge < -0.3 is 25.1 Å². The van der Waals surface area contributed by atoms with Gasteiger partial charge in [-0.05, 0) is 48.4 Å². The van der Waals surface area contributed by atoms with Crippen molar-refractivity contribution >= 4 is 11.9 Å². The van der Waals surface area contributed by atoms with Crippen molar-refractivity contribution in [3.05, 3.63) is 108 Å². The van der Waals surface area contributed by atoms with Crippen molar-refractivity contribution in [2.24, 2.45) is 0 Å². The van der Waals surface area contributed by atoms with Gasteiger partial charge in [-0.15, -0.1) is 0 Å². The molecule has 0 radical (unpaired) electrons. The van der Waals surface area contributed by atoms with Gasteiger partial charge in [0.25, 0.3) is 0 Å². The molecule has 0 bridgehead atoms. The van der Waals surface area contributed by atoms with Gasteiger partial charge in [0, 0.05) is 36.7 Å². The fourth-order valence-electron chi connectivity index (χ4n) is 3.66. The molecule has 35 heavy (non-hydrogen) atoms. The van der Waals surface area contributed by atoms with Crippen molar-refractivity contribution in [2.45, 2.75) is 31.7 Å². The van der Waals surface area contributed by atoms with E-state index in [1.165, 1.54) is 11.1 Å². The van der Waals surface area contributed by atoms with E-state index >= 15 is 0 Å². The Bertz CT molecular complexity index is 998. The van der Waals surface area contributed by atoms with Crippen LogP contribution < -0.4 is 15.2 Å². The van der Waals surface area contributed by atoms with E-state index in [0.29, 0.717) is 24.1 Å². The summed E-state index contributed by atoms with van der Waals surface area (Å²) in [5, 5.41) is 19.7. The van der Waals surface area contributed by atoms with Gasteiger partial charge in [0.05, 0.1) is 25.7 Å². The number of hydrogen-bond donors (Lipinski definition) is 2. The smallest absolute Gasteiger partial charge is 0.328 e. The number of rotatable bonds is 11. The Kier molecular flexibility index (Phi) is 11.7. The molecule has 0 amide bonds. The maximum absolute atomic E-state index is 9.53. The molecular formula is C28H32N2O5. The molecule has 0 fully saturated rings. The summed E-state index contributed by atoms with van der Waals surface area (Å²) in [5.41, 5.74) is 3.84. The van der Waals surface area contributed by atoms with Crippen LogP contribution in [0.2, 0.25) is 0 Å². The van der Waals surface area contributed by atoms with Gasteiger partial charge in [0.2, 0.25) is 0 Å². The molecule has 0 saturated carbocycles. The Hall–Kier alpha value is -3.97. The molecule has 0 saturated heterocycles. The minimum atomic E-state index is -1.51. The minimum Gasteiger partial charge on any atom is -0.545 e. The molecule has 2 atom stereocenters. The monoisotopic (exact) mass is 476 g/mol. The first-order chi connectivity index (χ1) is 16.9. The molecule has 1 heterocycles. The van der Waals surface area contributed by atoms with Crippen LogP contribution in [0.15, 0.2) is 91.1 Å². The first kappa shape index (κ1) is 27.3. The number of quaternary nitrogens is 1. The molecule has 3 aromatic rings. The largest absolute Gasteiger partial charge is 0.545 e. The van der Waals surface area contributed by atoms with Crippen LogP contribution in [0.25, 0.3) is 0 Å². The number of methoxy groups -OCH3 is 1. The number of ether oxygens (including phenoxy) is 1. The fraction of sp³-hybridized carbons (Fsp3) is 0.250. The number of pyridine rings is 1. The molecule has 3 N–H and O–H groups in total. The number of benzene rings is 2. The van der Waals surface area contributed by atoms with Crippen molar-refractivity contribution in [3.8, 4) is 5.75 Å². The zero-order valence-corrected chi connectivity index (χ0v) is 20.0. The second-order valence-electron chi connectivity index (χ2n) is 8.05. The number of nitrogens with zero attached hydrogens (tertiary/aromatic N) is 1. The first-order valence-electron chi connectivity index (χ1n) is 11.4. The van der Waals surface area contributed by atoms with E-state index in [9.17, 15) is 14.7 Å². The molecule has 1 aromatic heterocycles. The summed E-state index contributed by atoms with van der Waals surface area (Å²) in [6.45, 7) is 3.37. The lowest BCUT2D eigenvalue weighted by atomic mass is 9.92. The molecule has 7 heteroatoms. The van der Waals surface area contributed by atoms with Crippen LogP contribution in [0.1, 0.15) is 36.1 Å². The quantitative estimate of drug-likeness (QED) is 0.410. The average Bonchev–Trinajstić information content (AvgIpc) is 2.87. The number of aliphatic carboxylic acids is 2. The van der Waals surface area contributed by atoms with E-state index in [1.54, 1.807) is 7.11 Å². The summed E-state index contributed by atoms with van der Waals surface area (Å²) >= 11 is 0. The van der Waals surface area contributed by atoms with E-state index < -0.39 is 11.9 Å². The van der Waals surface area contributed by atoms with E-state index in [1.807, 2.05) is 24.4 Å². The number of carbonyl (C=O) groups excluding carboxylic acids is 1. The summed E-state index contributed by atoms with van der Waals surface area (Å²) in [7, 11) is 1.70. The van der Waals surface area contributed by atoms with Gasteiger partial charge in [0.15, 0.2) is 0 Å². The summed E-state index contributed by atoms with van der Waals surface area (Å²) in [5.74, 6) is -1.55. The molecule has 2 unspecified atom stereocenters. The number of carboxylic acid groups (broad SMARTS) is 2. The molecule has 0 aliphatic rings. The Morgan fingerprint density at radius 2 is 1.71 bits per heavy atom. The van der Waals surface area contributed by atoms with Crippen LogP contribution in [0.4, 0.5) is 0 Å². The molecule has 7 nitrogen and oxygen atoms in total. The van der Waals surface area contributed by atoms with E-state index in [4.69, 9.17) is 9.84 Å². The van der Waals surface area contributed by atoms with Crippen molar-refractivity contribution in [1.29, 1.82) is 0 Å². The SMILES string of the molecule is COc1ccc(CC(C)[NH2+]CCC(c2ccccc2)c2ccccn2)cc1.O=C([O-])/C=C/C(=O)O. The van der Waals surface area contributed by atoms with Crippen molar-refractivity contribution in [1.82, 2.24) is 4.98 Å². The lowest BCUT2D eigenvalue weighted by molar-refractivity contribution is -0.686. The Morgan fingerprint density at radius 3 is 2.26 bits per heavy atom. The highest BCUT2D eigenvalue weighted by Crippen LogP contribution is 2.25. The molecule has 0 aliphatic heterocycles. The Balaban J connectivity index is 0.000000466. The van der Waals surface area contributed by atoms with Crippen LogP contribution in [0.5, 0.6) is 5.75 Å². The maximum atomic E-state index is 9.53. The Labute approximate surface area is 206 Å². The zero-order valence-electron chi connectivity index (χ0n) is 20.0. The maximum Gasteiger partial charge on any atom is 0.328 e. The van der Waals surface area contributed by atoms with Crippen LogP contribution in [0.3, 0.4) is 0 Å². The normalized spacial score (nSPS) is 12.3. The highest BCUT2D eigenvalue weighted by Gasteiger charge is 2.17. The van der Waals surface area contributed by atoms with Crippen LogP contribution >= 0.6 is 0 Å². The summed E-state index contributed by atoms with van der Waals surface area (Å²) in [6, 6.07) is 25.8. The van der Waals surface area contributed by atoms with Gasteiger partial charge in [0.1, 0.15) is 5.75 Å². The summed E-state index contributed by atoms with van der Waals surface area (Å²) < 4.78 is 5.24. The van der Waals surface area contributed by atoms with Gasteiger partial charge in [-0.1, -0.05) is 48.5 Å². The van der Waals surface area contributed by atoms with Gasteiger partial charge in [-0.25, -0.2) is 4.79 Å². The number of carbonyl (C=O) groups is 2. The molecule has 2 aromatic carbocycles. The van der Waals surface area contributed by atoms with Gasteiger partial charge >= 0.3 is 5.97 Å². The highest BCUT2D eigenvalue weighted by atomic mass is 16.5. The fourth-order valence-corrected chi connectivity index (χ4v) is 3.66. The second kappa shape index (κ2) is 15.0. The highest BCUT2D eigenvalue weighted by molar-refractivity contribution is 5.88. The van der Waals surface area contributed by atoms with E-state index in [2.05, 4.69) is 71.8 Å². The lowest BCUT2D eigenvalue weighted by Gasteiger charge is -2.18. The second-order valence-corrected chi connectivity index (χ2v) is 8.05. The van der Waals surface area contributed by atoms with Crippen molar-refractivity contribution in [2.75, 3.05) is 13.7 Å². The molecule has 0 spiro atoms. The van der Waals surface area contributed by atoms with Crippen LogP contribution in [0, 0.1) is 0 Å². The predicted molar refractivity (Wildman–Crippen MR) is 132 cm³/mol. The van der Waals surface area contributed by atoms with Gasteiger partial charge in [-0.3, -0.25) is 4.98 Å². The lowest BCUT2D eigenvalue weighted by Crippen LogP contribution is -2.89. The number of nitrogens with two attached hydrogens (primary N) is 1. The third-order valence-electron chi connectivity index (χ3n) is 5.35. The van der Waals surface area contributed by atoms with Gasteiger partial charge in [-0.2, -0.15) is 0 Å². The molecule has 0 aliphatic carbocycles. The van der Waals surface area contributed by atoms with E-state index in [0.717, 1.165) is 30.8 Å². The third-order valence-corrected chi connectivity index (χ3v) is 5.35. The first-order valence-corrected chi connectivity index (χ1v) is 11.4. The number of carboxylic acids is 2. The van der Waals surface area contributed by atoms with Crippen molar-refractivity contribution < 1.29 is 29.9 Å². The van der Waals surface area contributed by atoms with Crippen molar-refractivity contribution in [3.63, 3.8) is 0 Å². The minimum absolute atomic E-state index is 0.344. The van der Waals surface area contributed by atoms with Crippen LogP contribution in [-0.2, 0) is 16.0 Å². The number of aromatic nitrogens is 1. The van der Waals surface area contributed by atoms with Crippen LogP contribution in [-0.4, -0.2) is 41.7 Å². The summed E-state index contributed by atoms with van der Waals surface area (Å²) in [6.07, 6.45) is 4.97. The molecular weight excluding hydrogens is 444 g/mol. The average molecular weight is 477 g/mol. The summed E-state index contributed by atoms with van der Waals surface area (Å²) in [4.78, 5) is 23.6. The van der Waals surface area contributed by atoms with E-state index in [-0.39, 0.29) is 0 Å². The standard InChI is InChI=1S/C24H28N2O.C4H4O4/c1-19(18-20-11-13-22(27-2)14-12-20)25-17-15-23(21-8-4-3-5-9-21)24-10-6-7-16-26-24;5-3(6)1-2-4(7)8/h3-14,16,19,23,25H,15,17-18H2,1-2H3;1-2H,(H,5,6)(H,7,8)/b;2-1+.